The van der Waals surface area contributed by atoms with Gasteiger partial charge in [-0.25, -0.2) is 0 Å². The monoisotopic (exact) mass is 192 g/mol. The number of allylic oxidation sites excluding steroid dienone is 2. The molecule has 2 rings (SSSR count). The van der Waals surface area contributed by atoms with Gasteiger partial charge in [0.2, 0.25) is 0 Å². The Morgan fingerprint density at radius 3 is 2.86 bits per heavy atom. The second-order valence-corrected chi connectivity index (χ2v) is 4.71. The molecule has 1 saturated carbocycles. The number of rotatable bonds is 3. The van der Waals surface area contributed by atoms with E-state index in [4.69, 9.17) is 0 Å². The second kappa shape index (κ2) is 4.29. The number of fused-ring (bicyclic) bond motifs is 1. The summed E-state index contributed by atoms with van der Waals surface area (Å²) in [4.78, 5) is 12.0. The normalized spacial score (nSPS) is 31.5. The highest BCUT2D eigenvalue weighted by Gasteiger charge is 2.36. The van der Waals surface area contributed by atoms with Gasteiger partial charge in [-0.1, -0.05) is 32.3 Å². The van der Waals surface area contributed by atoms with Gasteiger partial charge in [-0.05, 0) is 37.2 Å². The summed E-state index contributed by atoms with van der Waals surface area (Å²) in [5.41, 5.74) is 1.16. The van der Waals surface area contributed by atoms with Crippen molar-refractivity contribution in [2.75, 3.05) is 0 Å². The molecule has 1 nitrogen and oxygen atoms in total. The van der Waals surface area contributed by atoms with E-state index in [1.54, 1.807) is 0 Å². The molecule has 0 heterocycles. The van der Waals surface area contributed by atoms with E-state index in [2.05, 4.69) is 13.0 Å². The highest BCUT2D eigenvalue weighted by atomic mass is 16.1. The first-order valence-corrected chi connectivity index (χ1v) is 6.08. The van der Waals surface area contributed by atoms with Gasteiger partial charge in [-0.3, -0.25) is 4.79 Å². The lowest BCUT2D eigenvalue weighted by Crippen LogP contribution is -2.20. The average Bonchev–Trinajstić information content (AvgIpc) is 2.54. The van der Waals surface area contributed by atoms with E-state index >= 15 is 0 Å². The number of Topliss-reactive ketones (excluding diaryl/α,β-unsaturated/α-hetero) is 1. The zero-order chi connectivity index (χ0) is 9.97. The lowest BCUT2D eigenvalue weighted by atomic mass is 9.81. The molecule has 1 fully saturated rings. The zero-order valence-electron chi connectivity index (χ0n) is 9.09. The number of hydrogen-bond acceptors (Lipinski definition) is 1. The molecule has 2 aliphatic rings. The predicted molar refractivity (Wildman–Crippen MR) is 58.1 cm³/mol. The van der Waals surface area contributed by atoms with Crippen LogP contribution in [0, 0.1) is 11.8 Å². The quantitative estimate of drug-likeness (QED) is 0.669. The maximum atomic E-state index is 12.0. The molecule has 0 aromatic heterocycles. The molecule has 14 heavy (non-hydrogen) atoms. The van der Waals surface area contributed by atoms with Crippen molar-refractivity contribution in [1.82, 2.24) is 0 Å². The van der Waals surface area contributed by atoms with Crippen LogP contribution in [0.3, 0.4) is 0 Å². The van der Waals surface area contributed by atoms with E-state index in [-0.39, 0.29) is 0 Å². The molecule has 1 heteroatoms. The van der Waals surface area contributed by atoms with Gasteiger partial charge in [0.05, 0.1) is 0 Å². The Labute approximate surface area is 86.6 Å². The third-order valence-electron chi connectivity index (χ3n) is 3.69. The van der Waals surface area contributed by atoms with Crippen molar-refractivity contribution < 1.29 is 4.79 Å². The Balaban J connectivity index is 2.01. The first kappa shape index (κ1) is 9.95. The van der Waals surface area contributed by atoms with Gasteiger partial charge in [0, 0.05) is 5.92 Å². The van der Waals surface area contributed by atoms with E-state index in [9.17, 15) is 4.79 Å². The molecule has 0 aliphatic heterocycles. The van der Waals surface area contributed by atoms with Crippen LogP contribution in [0.4, 0.5) is 0 Å². The SMILES string of the molecule is CCCCC1=C[C@@H]2CCCC[C@@H]2C1=O. The fourth-order valence-corrected chi connectivity index (χ4v) is 2.84. The Bertz CT molecular complexity index is 252. The summed E-state index contributed by atoms with van der Waals surface area (Å²) in [6, 6.07) is 0. The van der Waals surface area contributed by atoms with E-state index in [0.717, 1.165) is 18.4 Å². The molecule has 2 aliphatic carbocycles. The number of ketones is 1. The minimum absolute atomic E-state index is 0.385. The Morgan fingerprint density at radius 2 is 2.14 bits per heavy atom. The summed E-state index contributed by atoms with van der Waals surface area (Å²) < 4.78 is 0. The van der Waals surface area contributed by atoms with Crippen LogP contribution >= 0.6 is 0 Å². The first-order chi connectivity index (χ1) is 6.83. The summed E-state index contributed by atoms with van der Waals surface area (Å²) in [7, 11) is 0. The maximum absolute atomic E-state index is 12.0. The second-order valence-electron chi connectivity index (χ2n) is 4.71. The standard InChI is InChI=1S/C13H20O/c1-2-3-6-11-9-10-7-4-5-8-12(10)13(11)14/h9-10,12H,2-8H2,1H3/t10-,12-/m0/s1. The van der Waals surface area contributed by atoms with Crippen molar-refractivity contribution in [1.29, 1.82) is 0 Å². The van der Waals surface area contributed by atoms with Crippen molar-refractivity contribution >= 4 is 5.78 Å². The summed E-state index contributed by atoms with van der Waals surface area (Å²) in [5.74, 6) is 1.49. The van der Waals surface area contributed by atoms with E-state index in [1.165, 1.54) is 32.1 Å². The molecule has 0 bridgehead atoms. The fraction of sp³-hybridized carbons (Fsp3) is 0.769. The maximum Gasteiger partial charge on any atom is 0.162 e. The topological polar surface area (TPSA) is 17.1 Å². The van der Waals surface area contributed by atoms with Crippen LogP contribution in [0.1, 0.15) is 51.9 Å². The number of unbranched alkanes of at least 4 members (excludes halogenated alkanes) is 1. The van der Waals surface area contributed by atoms with Gasteiger partial charge in [0.15, 0.2) is 5.78 Å². The molecule has 2 atom stereocenters. The zero-order valence-corrected chi connectivity index (χ0v) is 9.09. The summed E-state index contributed by atoms with van der Waals surface area (Å²) in [6.07, 6.45) is 10.7. The summed E-state index contributed by atoms with van der Waals surface area (Å²) in [5, 5.41) is 0. The Morgan fingerprint density at radius 1 is 1.36 bits per heavy atom. The smallest absolute Gasteiger partial charge is 0.162 e. The lowest BCUT2D eigenvalue weighted by Gasteiger charge is -2.22. The first-order valence-electron chi connectivity index (χ1n) is 6.08. The van der Waals surface area contributed by atoms with Crippen LogP contribution in [0.2, 0.25) is 0 Å². The van der Waals surface area contributed by atoms with Gasteiger partial charge in [-0.2, -0.15) is 0 Å². The lowest BCUT2D eigenvalue weighted by molar-refractivity contribution is -0.120. The minimum Gasteiger partial charge on any atom is -0.294 e. The van der Waals surface area contributed by atoms with Crippen LogP contribution < -0.4 is 0 Å². The molecule has 0 amide bonds. The van der Waals surface area contributed by atoms with E-state index < -0.39 is 0 Å². The fourth-order valence-electron chi connectivity index (χ4n) is 2.84. The Kier molecular flexibility index (Phi) is 3.05. The highest BCUT2D eigenvalue weighted by molar-refractivity contribution is 5.99. The number of carbonyl (C=O) groups excluding carboxylic acids is 1. The third kappa shape index (κ3) is 1.77. The van der Waals surface area contributed by atoms with Gasteiger partial charge in [0.25, 0.3) is 0 Å². The van der Waals surface area contributed by atoms with Gasteiger partial charge in [-0.15, -0.1) is 0 Å². The van der Waals surface area contributed by atoms with E-state index in [0.29, 0.717) is 17.6 Å². The van der Waals surface area contributed by atoms with Crippen molar-refractivity contribution in [3.05, 3.63) is 11.6 Å². The van der Waals surface area contributed by atoms with Crippen LogP contribution in [0.15, 0.2) is 11.6 Å². The highest BCUT2D eigenvalue weighted by Crippen LogP contribution is 2.39. The van der Waals surface area contributed by atoms with Crippen LogP contribution in [-0.2, 0) is 4.79 Å². The van der Waals surface area contributed by atoms with Crippen molar-refractivity contribution in [2.45, 2.75) is 51.9 Å². The molecule has 0 aromatic rings. The Hall–Kier alpha value is -0.590. The molecular formula is C13H20O. The minimum atomic E-state index is 0.385. The van der Waals surface area contributed by atoms with Crippen LogP contribution in [0.25, 0.3) is 0 Å². The molecule has 0 saturated heterocycles. The molecular weight excluding hydrogens is 172 g/mol. The molecule has 0 unspecified atom stereocenters. The average molecular weight is 192 g/mol. The van der Waals surface area contributed by atoms with Crippen molar-refractivity contribution in [3.8, 4) is 0 Å². The molecule has 0 spiro atoms. The van der Waals surface area contributed by atoms with Crippen molar-refractivity contribution in [3.63, 3.8) is 0 Å². The molecule has 0 aromatic carbocycles. The molecule has 0 radical (unpaired) electrons. The van der Waals surface area contributed by atoms with Crippen molar-refractivity contribution in [2.24, 2.45) is 11.8 Å². The van der Waals surface area contributed by atoms with E-state index in [1.807, 2.05) is 0 Å². The summed E-state index contributed by atoms with van der Waals surface area (Å²) >= 11 is 0. The largest absolute Gasteiger partial charge is 0.294 e. The molecule has 0 N–H and O–H groups in total. The third-order valence-corrected chi connectivity index (χ3v) is 3.69. The van der Waals surface area contributed by atoms with Gasteiger partial charge in [0.1, 0.15) is 0 Å². The van der Waals surface area contributed by atoms with Gasteiger partial charge >= 0.3 is 0 Å². The number of carbonyl (C=O) groups is 1. The van der Waals surface area contributed by atoms with Crippen LogP contribution in [-0.4, -0.2) is 5.78 Å². The van der Waals surface area contributed by atoms with Crippen LogP contribution in [0.5, 0.6) is 0 Å². The predicted octanol–water partition coefficient (Wildman–Crippen LogP) is 3.49. The summed E-state index contributed by atoms with van der Waals surface area (Å²) in [6.45, 7) is 2.19. The number of hydrogen-bond donors (Lipinski definition) is 0. The molecule has 78 valence electrons. The van der Waals surface area contributed by atoms with Gasteiger partial charge < -0.3 is 0 Å².